The molecule has 0 spiro atoms. The number of hydrogen-bond acceptors (Lipinski definition) is 3. The molecular weight excluding hydrogens is 216 g/mol. The van der Waals surface area contributed by atoms with Gasteiger partial charge in [-0.2, -0.15) is 0 Å². The van der Waals surface area contributed by atoms with Crippen LogP contribution in [-0.4, -0.2) is 25.3 Å². The van der Waals surface area contributed by atoms with Gasteiger partial charge in [0.2, 0.25) is 0 Å². The fraction of sp³-hybridized carbons (Fsp3) is 0.643. The molecule has 5 atom stereocenters. The van der Waals surface area contributed by atoms with E-state index in [9.17, 15) is 4.79 Å². The van der Waals surface area contributed by atoms with E-state index in [1.165, 1.54) is 0 Å². The van der Waals surface area contributed by atoms with Gasteiger partial charge in [0.1, 0.15) is 0 Å². The number of carbonyl (C=O) groups excluding carboxylic acids is 1. The second-order valence-electron chi connectivity index (χ2n) is 5.37. The molecule has 0 aromatic rings. The summed E-state index contributed by atoms with van der Waals surface area (Å²) >= 11 is 0. The number of allylic oxidation sites excluding steroid dienone is 2. The van der Waals surface area contributed by atoms with Crippen molar-refractivity contribution in [3.05, 3.63) is 23.8 Å². The summed E-state index contributed by atoms with van der Waals surface area (Å²) in [6.07, 6.45) is 6.05. The van der Waals surface area contributed by atoms with Crippen molar-refractivity contribution in [1.82, 2.24) is 0 Å². The quantitative estimate of drug-likeness (QED) is 0.650. The van der Waals surface area contributed by atoms with Crippen molar-refractivity contribution >= 4 is 5.78 Å². The van der Waals surface area contributed by atoms with Crippen LogP contribution < -0.4 is 0 Å². The average Bonchev–Trinajstić information content (AvgIpc) is 2.68. The molecule has 0 unspecified atom stereocenters. The van der Waals surface area contributed by atoms with Crippen molar-refractivity contribution in [3.63, 3.8) is 0 Å². The Labute approximate surface area is 101 Å². The Morgan fingerprint density at radius 2 is 2.24 bits per heavy atom. The zero-order valence-corrected chi connectivity index (χ0v) is 10.5. The van der Waals surface area contributed by atoms with Crippen molar-refractivity contribution < 1.29 is 14.3 Å². The van der Waals surface area contributed by atoms with Gasteiger partial charge in [-0.3, -0.25) is 4.79 Å². The molecule has 3 rings (SSSR count). The highest BCUT2D eigenvalue weighted by atomic mass is 16.7. The molecule has 2 aliphatic carbocycles. The number of ketones is 1. The van der Waals surface area contributed by atoms with Gasteiger partial charge in [0.15, 0.2) is 11.6 Å². The lowest BCUT2D eigenvalue weighted by molar-refractivity contribution is -0.202. The van der Waals surface area contributed by atoms with Crippen LogP contribution in [0.25, 0.3) is 0 Å². The van der Waals surface area contributed by atoms with E-state index < -0.39 is 5.79 Å². The molecule has 0 radical (unpaired) electrons. The summed E-state index contributed by atoms with van der Waals surface area (Å²) in [5, 5.41) is 0. The maximum Gasteiger partial charge on any atom is 0.194 e. The first-order valence-corrected chi connectivity index (χ1v) is 6.20. The van der Waals surface area contributed by atoms with Crippen LogP contribution in [-0.2, 0) is 14.3 Å². The predicted octanol–water partition coefficient (Wildman–Crippen LogP) is 1.94. The van der Waals surface area contributed by atoms with E-state index in [0.717, 1.165) is 5.57 Å². The molecule has 0 saturated carbocycles. The largest absolute Gasteiger partial charge is 0.349 e. The minimum Gasteiger partial charge on any atom is -0.349 e. The molecule has 3 nitrogen and oxygen atoms in total. The van der Waals surface area contributed by atoms with Crippen molar-refractivity contribution in [1.29, 1.82) is 0 Å². The zero-order chi connectivity index (χ0) is 12.2. The molecule has 0 aromatic heterocycles. The molecule has 0 bridgehead atoms. The van der Waals surface area contributed by atoms with Gasteiger partial charge in [0.25, 0.3) is 0 Å². The molecular formula is C14H18O3. The number of carbonyl (C=O) groups is 1. The highest BCUT2D eigenvalue weighted by Crippen LogP contribution is 2.53. The first-order valence-electron chi connectivity index (χ1n) is 6.20. The number of methoxy groups -OCH3 is 1. The normalized spacial score (nSPS) is 47.9. The van der Waals surface area contributed by atoms with Crippen LogP contribution in [0.1, 0.15) is 13.8 Å². The lowest BCUT2D eigenvalue weighted by atomic mass is 9.63. The van der Waals surface area contributed by atoms with Crippen LogP contribution in [0.5, 0.6) is 0 Å². The minimum atomic E-state index is -0.664. The Balaban J connectivity index is 2.15. The molecule has 1 saturated heterocycles. The lowest BCUT2D eigenvalue weighted by Crippen LogP contribution is -2.51. The highest BCUT2D eigenvalue weighted by molar-refractivity contribution is 5.94. The molecule has 92 valence electrons. The van der Waals surface area contributed by atoms with E-state index in [4.69, 9.17) is 9.47 Å². The van der Waals surface area contributed by atoms with Crippen LogP contribution in [0.2, 0.25) is 0 Å². The van der Waals surface area contributed by atoms with Crippen LogP contribution in [0.3, 0.4) is 0 Å². The molecule has 0 amide bonds. The zero-order valence-electron chi connectivity index (χ0n) is 10.5. The Morgan fingerprint density at radius 3 is 2.94 bits per heavy atom. The number of hydrogen-bond donors (Lipinski definition) is 0. The second-order valence-corrected chi connectivity index (χ2v) is 5.37. The van der Waals surface area contributed by atoms with Crippen LogP contribution >= 0.6 is 0 Å². The molecule has 0 N–H and O–H groups in total. The van der Waals surface area contributed by atoms with E-state index in [-0.39, 0.29) is 23.5 Å². The van der Waals surface area contributed by atoms with Gasteiger partial charge in [-0.1, -0.05) is 19.1 Å². The smallest absolute Gasteiger partial charge is 0.194 e. The molecule has 3 heteroatoms. The average molecular weight is 234 g/mol. The van der Waals surface area contributed by atoms with Crippen LogP contribution in [0.15, 0.2) is 23.8 Å². The van der Waals surface area contributed by atoms with Gasteiger partial charge in [0, 0.05) is 24.9 Å². The summed E-state index contributed by atoms with van der Waals surface area (Å²) in [4.78, 5) is 12.2. The number of rotatable bonds is 1. The summed E-state index contributed by atoms with van der Waals surface area (Å²) in [5.41, 5.74) is 0.913. The molecule has 1 heterocycles. The molecule has 17 heavy (non-hydrogen) atoms. The SMILES string of the molecule is CO[C@@]12OC[C@H]3C=C[C@@H](C)[C@@H](C(=O)C=C1C)[C@H]32. The van der Waals surface area contributed by atoms with Gasteiger partial charge in [-0.05, 0) is 24.5 Å². The third kappa shape index (κ3) is 1.27. The molecule has 1 fully saturated rings. The number of ether oxygens (including phenoxy) is 2. The van der Waals surface area contributed by atoms with Crippen LogP contribution in [0, 0.1) is 23.7 Å². The highest BCUT2D eigenvalue weighted by Gasteiger charge is 2.59. The van der Waals surface area contributed by atoms with Crippen molar-refractivity contribution in [3.8, 4) is 0 Å². The summed E-state index contributed by atoms with van der Waals surface area (Å²) in [5.74, 6) is 0.296. The van der Waals surface area contributed by atoms with Crippen molar-refractivity contribution in [2.45, 2.75) is 19.6 Å². The summed E-state index contributed by atoms with van der Waals surface area (Å²) in [7, 11) is 1.68. The van der Waals surface area contributed by atoms with E-state index >= 15 is 0 Å². The Kier molecular flexibility index (Phi) is 2.32. The van der Waals surface area contributed by atoms with Gasteiger partial charge >= 0.3 is 0 Å². The standard InChI is InChI=1S/C14H18O3/c1-8-4-5-10-7-17-14(16-3)9(2)6-11(15)12(8)13(10)14/h4-6,8,10,12-13H,7H2,1-3H3/t8-,10-,12+,13+,14-/m1/s1. The lowest BCUT2D eigenvalue weighted by Gasteiger charge is -2.44. The Bertz CT molecular complexity index is 423. The van der Waals surface area contributed by atoms with Gasteiger partial charge in [0.05, 0.1) is 6.61 Å². The Hall–Kier alpha value is -0.930. The van der Waals surface area contributed by atoms with Crippen LogP contribution in [0.4, 0.5) is 0 Å². The fourth-order valence-electron chi connectivity index (χ4n) is 3.72. The summed E-state index contributed by atoms with van der Waals surface area (Å²) in [6, 6.07) is 0. The molecule has 3 aliphatic rings. The summed E-state index contributed by atoms with van der Waals surface area (Å²) in [6.45, 7) is 4.68. The third-order valence-electron chi connectivity index (χ3n) is 4.55. The van der Waals surface area contributed by atoms with Gasteiger partial charge < -0.3 is 9.47 Å². The van der Waals surface area contributed by atoms with Crippen molar-refractivity contribution in [2.75, 3.05) is 13.7 Å². The van der Waals surface area contributed by atoms with Gasteiger partial charge in [-0.15, -0.1) is 0 Å². The van der Waals surface area contributed by atoms with E-state index in [1.54, 1.807) is 13.2 Å². The predicted molar refractivity (Wildman–Crippen MR) is 63.2 cm³/mol. The fourth-order valence-corrected chi connectivity index (χ4v) is 3.72. The summed E-state index contributed by atoms with van der Waals surface area (Å²) < 4.78 is 11.6. The minimum absolute atomic E-state index is 0.0103. The van der Waals surface area contributed by atoms with E-state index in [2.05, 4.69) is 19.1 Å². The van der Waals surface area contributed by atoms with E-state index in [1.807, 2.05) is 6.92 Å². The third-order valence-corrected chi connectivity index (χ3v) is 4.55. The van der Waals surface area contributed by atoms with E-state index in [0.29, 0.717) is 12.5 Å². The second kappa shape index (κ2) is 3.53. The Morgan fingerprint density at radius 1 is 1.47 bits per heavy atom. The first kappa shape index (κ1) is 11.2. The van der Waals surface area contributed by atoms with Gasteiger partial charge in [-0.25, -0.2) is 0 Å². The van der Waals surface area contributed by atoms with Crippen molar-refractivity contribution in [2.24, 2.45) is 23.7 Å². The maximum atomic E-state index is 12.2. The first-order chi connectivity index (χ1) is 8.10. The maximum absolute atomic E-state index is 12.2. The molecule has 1 aliphatic heterocycles. The molecule has 0 aromatic carbocycles. The topological polar surface area (TPSA) is 35.5 Å². The monoisotopic (exact) mass is 234 g/mol.